The van der Waals surface area contributed by atoms with E-state index in [1.807, 2.05) is 24.3 Å². The van der Waals surface area contributed by atoms with Crippen molar-refractivity contribution in [3.63, 3.8) is 0 Å². The van der Waals surface area contributed by atoms with Gasteiger partial charge < -0.3 is 19.8 Å². The number of fused-ring (bicyclic) bond motifs is 1. The van der Waals surface area contributed by atoms with Crippen LogP contribution in [0.5, 0.6) is 0 Å². The van der Waals surface area contributed by atoms with Gasteiger partial charge in [0.05, 0.1) is 6.61 Å². The topological polar surface area (TPSA) is 80.4 Å². The number of rotatable bonds is 8. The van der Waals surface area contributed by atoms with E-state index in [0.717, 1.165) is 22.5 Å². The molecular weight excluding hydrogens is 455 g/mol. The molecule has 6 nitrogen and oxygen atoms in total. The van der Waals surface area contributed by atoms with Crippen LogP contribution in [0.15, 0.2) is 30.5 Å². The van der Waals surface area contributed by atoms with Crippen LogP contribution >= 0.6 is 34.8 Å². The van der Waals surface area contributed by atoms with Gasteiger partial charge in [0.25, 0.3) is 0 Å². The van der Waals surface area contributed by atoms with E-state index in [9.17, 15) is 9.59 Å². The number of nitrogens with one attached hydrogen (secondary N) is 2. The third-order valence-electron chi connectivity index (χ3n) is 4.14. The maximum absolute atomic E-state index is 12.5. The number of carbonyl (C=O) groups is 2. The summed E-state index contributed by atoms with van der Waals surface area (Å²) in [6.07, 6.45) is 1.31. The molecule has 2 rings (SSSR count). The molecule has 1 aromatic carbocycles. The van der Waals surface area contributed by atoms with Crippen molar-refractivity contribution >= 4 is 65.8 Å². The molecule has 0 aliphatic heterocycles. The average Bonchev–Trinajstić information content (AvgIpc) is 3.00. The lowest BCUT2D eigenvalue weighted by molar-refractivity contribution is -0.145. The van der Waals surface area contributed by atoms with Gasteiger partial charge in [0.15, 0.2) is 0 Å². The predicted octanol–water partition coefficient (Wildman–Crippen LogP) is 5.06. The third kappa shape index (κ3) is 8.46. The molecule has 2 N–H and O–H groups in total. The first kappa shape index (κ1) is 23.9. The Kier molecular flexibility index (Phi) is 8.28. The lowest BCUT2D eigenvalue weighted by Gasteiger charge is -2.20. The number of ether oxygens (including phenoxy) is 2. The van der Waals surface area contributed by atoms with Crippen molar-refractivity contribution in [2.75, 3.05) is 13.2 Å². The number of benzene rings is 1. The number of para-hydroxylation sites is 1. The van der Waals surface area contributed by atoms with E-state index >= 15 is 0 Å². The maximum Gasteiger partial charge on any atom is 0.407 e. The first-order valence-corrected chi connectivity index (χ1v) is 14.0. The Morgan fingerprint density at radius 2 is 1.86 bits per heavy atom. The van der Waals surface area contributed by atoms with Crippen LogP contribution in [-0.4, -0.2) is 48.2 Å². The zero-order chi connectivity index (χ0) is 21.7. The van der Waals surface area contributed by atoms with E-state index in [1.54, 1.807) is 6.20 Å². The highest BCUT2D eigenvalue weighted by molar-refractivity contribution is 6.76. The van der Waals surface area contributed by atoms with E-state index in [0.29, 0.717) is 6.61 Å². The zero-order valence-electron chi connectivity index (χ0n) is 16.6. The van der Waals surface area contributed by atoms with Crippen LogP contribution in [-0.2, 0) is 20.7 Å². The second kappa shape index (κ2) is 10.1. The second-order valence-corrected chi connectivity index (χ2v) is 16.1. The molecule has 0 bridgehead atoms. The molecule has 0 spiro atoms. The monoisotopic (exact) mass is 478 g/mol. The van der Waals surface area contributed by atoms with Gasteiger partial charge in [-0.1, -0.05) is 72.6 Å². The molecule has 0 aliphatic carbocycles. The summed E-state index contributed by atoms with van der Waals surface area (Å²) in [5.41, 5.74) is 1.77. The third-order valence-corrected chi connectivity index (χ3v) is 6.17. The average molecular weight is 480 g/mol. The van der Waals surface area contributed by atoms with Crippen LogP contribution in [0.4, 0.5) is 4.79 Å². The molecule has 1 amide bonds. The molecule has 1 heterocycles. The van der Waals surface area contributed by atoms with Crippen molar-refractivity contribution in [2.24, 2.45) is 0 Å². The molecule has 0 saturated carbocycles. The molecule has 160 valence electrons. The molecule has 0 aliphatic rings. The summed E-state index contributed by atoms with van der Waals surface area (Å²) in [5, 5.41) is 3.52. The van der Waals surface area contributed by atoms with Gasteiger partial charge in [-0.2, -0.15) is 0 Å². The second-order valence-electron chi connectivity index (χ2n) is 7.93. The normalized spacial score (nSPS) is 13.2. The minimum Gasteiger partial charge on any atom is -0.460 e. The first-order valence-electron chi connectivity index (χ1n) is 9.16. The summed E-state index contributed by atoms with van der Waals surface area (Å²) < 4.78 is 8.59. The maximum atomic E-state index is 12.5. The Bertz CT molecular complexity index is 846. The number of amides is 1. The fourth-order valence-corrected chi connectivity index (χ4v) is 3.48. The molecular formula is C19H25Cl3N2O4Si. The van der Waals surface area contributed by atoms with Crippen LogP contribution in [0.3, 0.4) is 0 Å². The van der Waals surface area contributed by atoms with E-state index in [2.05, 4.69) is 29.9 Å². The molecule has 1 unspecified atom stereocenters. The van der Waals surface area contributed by atoms with Gasteiger partial charge in [-0.3, -0.25) is 0 Å². The van der Waals surface area contributed by atoms with Crippen molar-refractivity contribution in [3.05, 3.63) is 36.0 Å². The highest BCUT2D eigenvalue weighted by Gasteiger charge is 2.28. The molecule has 10 heteroatoms. The van der Waals surface area contributed by atoms with Crippen LogP contribution in [0.1, 0.15) is 5.56 Å². The Morgan fingerprint density at radius 3 is 2.52 bits per heavy atom. The Morgan fingerprint density at radius 1 is 1.17 bits per heavy atom. The fourth-order valence-electron chi connectivity index (χ4n) is 2.60. The molecule has 1 atom stereocenters. The fraction of sp³-hybridized carbons (Fsp3) is 0.474. The summed E-state index contributed by atoms with van der Waals surface area (Å²) in [7, 11) is -1.35. The molecule has 1 aromatic heterocycles. The van der Waals surface area contributed by atoms with Gasteiger partial charge in [-0.25, -0.2) is 9.59 Å². The summed E-state index contributed by atoms with van der Waals surface area (Å²) in [5.74, 6) is -0.705. The number of carbonyl (C=O) groups excluding carboxylic acids is 2. The highest BCUT2D eigenvalue weighted by atomic mass is 35.6. The summed E-state index contributed by atoms with van der Waals surface area (Å²) >= 11 is 17.0. The lowest BCUT2D eigenvalue weighted by Crippen LogP contribution is -2.44. The van der Waals surface area contributed by atoms with E-state index in [1.165, 1.54) is 0 Å². The first-order chi connectivity index (χ1) is 13.4. The Balaban J connectivity index is 2.08. The number of hydrogen-bond donors (Lipinski definition) is 2. The number of H-pyrrole nitrogens is 1. The van der Waals surface area contributed by atoms with Crippen molar-refractivity contribution in [1.29, 1.82) is 0 Å². The van der Waals surface area contributed by atoms with E-state index < -0.39 is 36.6 Å². The van der Waals surface area contributed by atoms with E-state index in [4.69, 9.17) is 44.3 Å². The standard InChI is InChI=1S/C19H25Cl3N2O4Si/c1-29(2,3)9-8-27-18(26)24-16(17(25)28-12-19(20,21)22)10-13-11-23-15-7-5-4-6-14(13)15/h4-7,11,16,23H,8-10,12H2,1-3H3,(H,24,26). The number of hydrogen-bond acceptors (Lipinski definition) is 4. The van der Waals surface area contributed by atoms with Crippen molar-refractivity contribution in [2.45, 2.75) is 41.9 Å². The predicted molar refractivity (Wildman–Crippen MR) is 120 cm³/mol. The molecule has 0 saturated heterocycles. The quantitative estimate of drug-likeness (QED) is 0.315. The van der Waals surface area contributed by atoms with E-state index in [-0.39, 0.29) is 6.42 Å². The van der Waals surface area contributed by atoms with Gasteiger partial charge in [0.2, 0.25) is 3.79 Å². The SMILES string of the molecule is C[Si](C)(C)CCOC(=O)NC(Cc1c[nH]c2ccccc12)C(=O)OCC(Cl)(Cl)Cl. The van der Waals surface area contributed by atoms with Gasteiger partial charge >= 0.3 is 12.1 Å². The Hall–Kier alpha value is -1.41. The van der Waals surface area contributed by atoms with Crippen molar-refractivity contribution < 1.29 is 19.1 Å². The van der Waals surface area contributed by atoms with Crippen molar-refractivity contribution in [3.8, 4) is 0 Å². The summed E-state index contributed by atoms with van der Waals surface area (Å²) in [6, 6.07) is 7.49. The summed E-state index contributed by atoms with van der Waals surface area (Å²) in [6.45, 7) is 6.42. The Labute approximate surface area is 186 Å². The largest absolute Gasteiger partial charge is 0.460 e. The van der Waals surface area contributed by atoms with Crippen LogP contribution in [0.25, 0.3) is 10.9 Å². The number of alkyl carbamates (subject to hydrolysis) is 1. The minimum absolute atomic E-state index is 0.200. The highest BCUT2D eigenvalue weighted by Crippen LogP contribution is 2.26. The zero-order valence-corrected chi connectivity index (χ0v) is 19.8. The van der Waals surface area contributed by atoms with Crippen molar-refractivity contribution in [1.82, 2.24) is 10.3 Å². The van der Waals surface area contributed by atoms with Gasteiger partial charge in [-0.15, -0.1) is 0 Å². The van der Waals surface area contributed by atoms with Gasteiger partial charge in [-0.05, 0) is 17.7 Å². The van der Waals surface area contributed by atoms with Crippen LogP contribution < -0.4 is 5.32 Å². The number of halogens is 3. The summed E-state index contributed by atoms with van der Waals surface area (Å²) in [4.78, 5) is 27.9. The number of esters is 1. The molecule has 29 heavy (non-hydrogen) atoms. The van der Waals surface area contributed by atoms with Gasteiger partial charge in [0.1, 0.15) is 12.6 Å². The molecule has 0 radical (unpaired) electrons. The molecule has 0 fully saturated rings. The lowest BCUT2D eigenvalue weighted by atomic mass is 10.1. The number of alkyl halides is 3. The molecule has 2 aromatic rings. The van der Waals surface area contributed by atoms with Crippen LogP contribution in [0.2, 0.25) is 25.7 Å². The smallest absolute Gasteiger partial charge is 0.407 e. The van der Waals surface area contributed by atoms with Crippen LogP contribution in [0, 0.1) is 0 Å². The number of aromatic nitrogens is 1. The number of aromatic amines is 1. The van der Waals surface area contributed by atoms with Gasteiger partial charge in [0, 0.05) is 31.6 Å². The minimum atomic E-state index is -1.74.